The fraction of sp³-hybridized carbons (Fsp3) is 0.625. The molecule has 0 saturated carbocycles. The molecule has 0 aromatic carbocycles. The molecule has 14 heavy (non-hydrogen) atoms. The van der Waals surface area contributed by atoms with Crippen LogP contribution in [0.2, 0.25) is 0 Å². The first-order valence-electron chi connectivity index (χ1n) is 3.99. The molecule has 80 valence electrons. The third kappa shape index (κ3) is 2.61. The van der Waals surface area contributed by atoms with Gasteiger partial charge in [-0.1, -0.05) is 0 Å². The third-order valence-electron chi connectivity index (χ3n) is 1.98. The second kappa shape index (κ2) is 5.46. The molecule has 0 heterocycles. The zero-order valence-corrected chi connectivity index (χ0v) is 7.80. The van der Waals surface area contributed by atoms with Gasteiger partial charge in [-0.05, 0) is 6.42 Å². The van der Waals surface area contributed by atoms with Crippen molar-refractivity contribution in [3.63, 3.8) is 0 Å². The SMILES string of the molecule is COC(N)(C(=O)O)C(C=O)CCC=O. The normalized spacial score (nSPS) is 16.7. The number of hydrogen-bond donors (Lipinski definition) is 2. The summed E-state index contributed by atoms with van der Waals surface area (Å²) >= 11 is 0. The Labute approximate surface area is 81.0 Å². The van der Waals surface area contributed by atoms with Crippen LogP contribution in [0.15, 0.2) is 0 Å². The summed E-state index contributed by atoms with van der Waals surface area (Å²) in [5.74, 6) is -2.46. The van der Waals surface area contributed by atoms with Gasteiger partial charge in [0.25, 0.3) is 0 Å². The summed E-state index contributed by atoms with van der Waals surface area (Å²) in [5, 5.41) is 8.74. The van der Waals surface area contributed by atoms with E-state index in [9.17, 15) is 14.4 Å². The molecule has 0 aliphatic heterocycles. The van der Waals surface area contributed by atoms with Crippen molar-refractivity contribution in [2.24, 2.45) is 11.7 Å². The minimum absolute atomic E-state index is 0.0592. The van der Waals surface area contributed by atoms with Crippen LogP contribution in [0.5, 0.6) is 0 Å². The summed E-state index contributed by atoms with van der Waals surface area (Å²) in [4.78, 5) is 31.4. The molecule has 0 aliphatic rings. The van der Waals surface area contributed by atoms with E-state index in [2.05, 4.69) is 4.74 Å². The quantitative estimate of drug-likeness (QED) is 0.413. The predicted molar refractivity (Wildman–Crippen MR) is 46.4 cm³/mol. The lowest BCUT2D eigenvalue weighted by molar-refractivity contribution is -0.170. The average molecular weight is 203 g/mol. The molecule has 2 atom stereocenters. The van der Waals surface area contributed by atoms with Crippen molar-refractivity contribution in [2.45, 2.75) is 18.6 Å². The van der Waals surface area contributed by atoms with Crippen molar-refractivity contribution >= 4 is 18.5 Å². The first-order chi connectivity index (χ1) is 6.52. The zero-order valence-electron chi connectivity index (χ0n) is 7.80. The van der Waals surface area contributed by atoms with Gasteiger partial charge in [-0.15, -0.1) is 0 Å². The molecule has 6 nitrogen and oxygen atoms in total. The van der Waals surface area contributed by atoms with E-state index in [4.69, 9.17) is 10.8 Å². The van der Waals surface area contributed by atoms with Gasteiger partial charge in [0.15, 0.2) is 0 Å². The molecule has 0 aromatic rings. The second-order valence-electron chi connectivity index (χ2n) is 2.79. The van der Waals surface area contributed by atoms with Gasteiger partial charge in [0.05, 0.1) is 5.92 Å². The summed E-state index contributed by atoms with van der Waals surface area (Å²) in [5.41, 5.74) is 3.32. The lowest BCUT2D eigenvalue weighted by Gasteiger charge is -2.27. The van der Waals surface area contributed by atoms with Crippen LogP contribution >= 0.6 is 0 Å². The highest BCUT2D eigenvalue weighted by molar-refractivity contribution is 5.81. The van der Waals surface area contributed by atoms with Gasteiger partial charge >= 0.3 is 5.97 Å². The lowest BCUT2D eigenvalue weighted by Crippen LogP contribution is -2.56. The number of aliphatic carboxylic acids is 1. The second-order valence-corrected chi connectivity index (χ2v) is 2.79. The molecular weight excluding hydrogens is 190 g/mol. The van der Waals surface area contributed by atoms with Crippen LogP contribution in [0.3, 0.4) is 0 Å². The first-order valence-corrected chi connectivity index (χ1v) is 3.99. The minimum Gasteiger partial charge on any atom is -0.478 e. The number of aldehydes is 2. The topological polar surface area (TPSA) is 107 Å². The molecule has 0 aromatic heterocycles. The summed E-state index contributed by atoms with van der Waals surface area (Å²) in [6.07, 6.45) is 1.11. The Kier molecular flexibility index (Phi) is 4.96. The summed E-state index contributed by atoms with van der Waals surface area (Å²) in [7, 11) is 1.10. The third-order valence-corrected chi connectivity index (χ3v) is 1.98. The number of carbonyl (C=O) groups is 3. The van der Waals surface area contributed by atoms with Crippen molar-refractivity contribution < 1.29 is 24.2 Å². The molecule has 0 spiro atoms. The number of nitrogens with two attached hydrogens (primary N) is 1. The van der Waals surface area contributed by atoms with Crippen molar-refractivity contribution in [2.75, 3.05) is 7.11 Å². The maximum atomic E-state index is 10.7. The van der Waals surface area contributed by atoms with Crippen LogP contribution < -0.4 is 5.73 Å². The molecule has 0 bridgehead atoms. The molecule has 3 N–H and O–H groups in total. The monoisotopic (exact) mass is 203 g/mol. The van der Waals surface area contributed by atoms with Crippen molar-refractivity contribution in [3.8, 4) is 0 Å². The van der Waals surface area contributed by atoms with E-state index in [0.29, 0.717) is 12.6 Å². The van der Waals surface area contributed by atoms with E-state index in [1.165, 1.54) is 0 Å². The van der Waals surface area contributed by atoms with Gasteiger partial charge < -0.3 is 19.4 Å². The van der Waals surface area contributed by atoms with Gasteiger partial charge in [0.2, 0.25) is 5.72 Å². The van der Waals surface area contributed by atoms with Crippen LogP contribution in [-0.2, 0) is 19.1 Å². The van der Waals surface area contributed by atoms with Crippen molar-refractivity contribution in [1.29, 1.82) is 0 Å². The molecule has 2 unspecified atom stereocenters. The maximum Gasteiger partial charge on any atom is 0.351 e. The number of ether oxygens (including phenoxy) is 1. The molecule has 0 radical (unpaired) electrons. The van der Waals surface area contributed by atoms with Gasteiger partial charge in [-0.2, -0.15) is 0 Å². The van der Waals surface area contributed by atoms with E-state index in [0.717, 1.165) is 7.11 Å². The van der Waals surface area contributed by atoms with Gasteiger partial charge in [-0.3, -0.25) is 5.73 Å². The number of hydrogen-bond acceptors (Lipinski definition) is 5. The molecule has 0 rings (SSSR count). The Hall–Kier alpha value is -1.27. The maximum absolute atomic E-state index is 10.7. The fourth-order valence-electron chi connectivity index (χ4n) is 1.03. The van der Waals surface area contributed by atoms with E-state index in [1.807, 2.05) is 0 Å². The van der Waals surface area contributed by atoms with Gasteiger partial charge in [0.1, 0.15) is 12.6 Å². The highest BCUT2D eigenvalue weighted by Crippen LogP contribution is 2.18. The fourth-order valence-corrected chi connectivity index (χ4v) is 1.03. The van der Waals surface area contributed by atoms with Crippen molar-refractivity contribution in [1.82, 2.24) is 0 Å². The molecule has 0 aliphatic carbocycles. The number of carbonyl (C=O) groups excluding carboxylic acids is 2. The molecule has 0 saturated heterocycles. The highest BCUT2D eigenvalue weighted by atomic mass is 16.5. The van der Waals surface area contributed by atoms with E-state index < -0.39 is 17.6 Å². The number of methoxy groups -OCH3 is 1. The first kappa shape index (κ1) is 12.7. The molecular formula is C8H13NO5. The van der Waals surface area contributed by atoms with Gasteiger partial charge in [0, 0.05) is 13.5 Å². The smallest absolute Gasteiger partial charge is 0.351 e. The van der Waals surface area contributed by atoms with Gasteiger partial charge in [-0.25, -0.2) is 4.79 Å². The average Bonchev–Trinajstić information content (AvgIpc) is 2.18. The van der Waals surface area contributed by atoms with Crippen LogP contribution in [-0.4, -0.2) is 36.5 Å². The number of carboxylic acids is 1. The van der Waals surface area contributed by atoms with Crippen LogP contribution in [0.25, 0.3) is 0 Å². The Morgan fingerprint density at radius 1 is 1.64 bits per heavy atom. The minimum atomic E-state index is -2.05. The van der Waals surface area contributed by atoms with E-state index in [1.54, 1.807) is 0 Å². The van der Waals surface area contributed by atoms with Crippen LogP contribution in [0, 0.1) is 5.92 Å². The Morgan fingerprint density at radius 3 is 2.50 bits per heavy atom. The van der Waals surface area contributed by atoms with E-state index >= 15 is 0 Å². The molecule has 0 amide bonds. The molecule has 0 fully saturated rings. The largest absolute Gasteiger partial charge is 0.478 e. The Morgan fingerprint density at radius 2 is 2.21 bits per heavy atom. The standard InChI is InChI=1S/C8H13NO5/c1-14-8(9,7(12)13)6(5-11)3-2-4-10/h4-6H,2-3,9H2,1H3,(H,12,13). The number of rotatable bonds is 7. The van der Waals surface area contributed by atoms with Crippen LogP contribution in [0.4, 0.5) is 0 Å². The summed E-state index contributed by atoms with van der Waals surface area (Å²) in [6, 6.07) is 0. The molecule has 6 heteroatoms. The summed E-state index contributed by atoms with van der Waals surface area (Å²) < 4.78 is 4.58. The zero-order chi connectivity index (χ0) is 11.2. The highest BCUT2D eigenvalue weighted by Gasteiger charge is 2.42. The lowest BCUT2D eigenvalue weighted by atomic mass is 9.93. The van der Waals surface area contributed by atoms with Crippen LogP contribution in [0.1, 0.15) is 12.8 Å². The summed E-state index contributed by atoms with van der Waals surface area (Å²) in [6.45, 7) is 0. The van der Waals surface area contributed by atoms with E-state index in [-0.39, 0.29) is 12.8 Å². The Bertz CT molecular complexity index is 230. The number of carboxylic acid groups (broad SMARTS) is 1. The Balaban J connectivity index is 4.67. The predicted octanol–water partition coefficient (Wildman–Crippen LogP) is -0.833. The van der Waals surface area contributed by atoms with Crippen molar-refractivity contribution in [3.05, 3.63) is 0 Å².